The number of benzene rings is 2. The average molecular weight is 404 g/mol. The molecule has 0 aliphatic heterocycles. The van der Waals surface area contributed by atoms with E-state index in [1.807, 2.05) is 60.0 Å². The van der Waals surface area contributed by atoms with Gasteiger partial charge < -0.3 is 20.5 Å². The molecule has 6 heteroatoms. The van der Waals surface area contributed by atoms with Crippen molar-refractivity contribution in [1.82, 2.24) is 4.98 Å². The number of aromatic nitrogens is 1. The van der Waals surface area contributed by atoms with Gasteiger partial charge in [0.2, 0.25) is 5.88 Å². The number of aryl methyl sites for hydroxylation is 2. The Morgan fingerprint density at radius 1 is 0.931 bits per heavy atom. The van der Waals surface area contributed by atoms with E-state index in [1.165, 1.54) is 0 Å². The highest BCUT2D eigenvalue weighted by Gasteiger charge is 2.23. The van der Waals surface area contributed by atoms with Crippen molar-refractivity contribution < 1.29 is 15.0 Å². The van der Waals surface area contributed by atoms with Gasteiger partial charge in [0.25, 0.3) is 5.91 Å². The second kappa shape index (κ2) is 8.24. The Balaban J connectivity index is 1.46. The Hall–Kier alpha value is -3.51. The van der Waals surface area contributed by atoms with E-state index >= 15 is 0 Å². The van der Waals surface area contributed by atoms with Gasteiger partial charge in [-0.2, -0.15) is 0 Å². The van der Waals surface area contributed by atoms with Crippen LogP contribution in [0.5, 0.6) is 11.6 Å². The van der Waals surface area contributed by atoms with Crippen LogP contribution in [0.15, 0.2) is 72.1 Å². The van der Waals surface area contributed by atoms with E-state index in [4.69, 9.17) is 0 Å². The van der Waals surface area contributed by atoms with Crippen LogP contribution in [0.4, 0.5) is 5.69 Å². The van der Waals surface area contributed by atoms with Crippen LogP contribution in [-0.4, -0.2) is 21.1 Å². The number of aromatic amines is 1. The van der Waals surface area contributed by atoms with Gasteiger partial charge in [0.1, 0.15) is 5.56 Å². The van der Waals surface area contributed by atoms with Gasteiger partial charge in [-0.15, -0.1) is 11.3 Å². The molecule has 0 bridgehead atoms. The second-order valence-electron chi connectivity index (χ2n) is 6.67. The number of carbonyl (C=O) groups is 1. The quantitative estimate of drug-likeness (QED) is 0.357. The minimum absolute atomic E-state index is 0.143. The lowest BCUT2D eigenvalue weighted by Crippen LogP contribution is -2.11. The summed E-state index contributed by atoms with van der Waals surface area (Å²) in [5, 5.41) is 25.3. The largest absolute Gasteiger partial charge is 0.505 e. The summed E-state index contributed by atoms with van der Waals surface area (Å²) >= 11 is 1.64. The van der Waals surface area contributed by atoms with E-state index in [9.17, 15) is 15.0 Å². The number of rotatable bonds is 6. The zero-order valence-corrected chi connectivity index (χ0v) is 16.4. The lowest BCUT2D eigenvalue weighted by Gasteiger charge is -2.06. The standard InChI is InChI=1S/C23H20N2O3S/c26-21-18(13-8-15-5-2-1-3-6-15)25-23(28)20(21)22(27)24-17-11-9-16(10-12-17)19-7-4-14-29-19/h1-7,9-12,14,25-26,28H,8,13H2,(H,24,27). The maximum Gasteiger partial charge on any atom is 0.264 e. The summed E-state index contributed by atoms with van der Waals surface area (Å²) in [6.07, 6.45) is 1.16. The van der Waals surface area contributed by atoms with Gasteiger partial charge in [-0.05, 0) is 47.5 Å². The Kier molecular flexibility index (Phi) is 5.35. The van der Waals surface area contributed by atoms with Gasteiger partial charge in [0, 0.05) is 10.6 Å². The van der Waals surface area contributed by atoms with Gasteiger partial charge in [0.15, 0.2) is 5.75 Å². The molecule has 0 unspecified atom stereocenters. The zero-order valence-electron chi connectivity index (χ0n) is 15.6. The molecular formula is C23H20N2O3S. The molecule has 2 aromatic carbocycles. The van der Waals surface area contributed by atoms with Crippen LogP contribution >= 0.6 is 11.3 Å². The molecule has 0 fully saturated rings. The number of carbonyl (C=O) groups excluding carboxylic acids is 1. The van der Waals surface area contributed by atoms with Crippen LogP contribution in [0.3, 0.4) is 0 Å². The molecule has 4 aromatic rings. The minimum atomic E-state index is -0.564. The zero-order chi connectivity index (χ0) is 20.2. The summed E-state index contributed by atoms with van der Waals surface area (Å²) in [6.45, 7) is 0. The number of hydrogen-bond acceptors (Lipinski definition) is 4. The summed E-state index contributed by atoms with van der Waals surface area (Å²) in [5.74, 6) is -1.12. The summed E-state index contributed by atoms with van der Waals surface area (Å²) in [6, 6.07) is 21.3. The predicted molar refractivity (Wildman–Crippen MR) is 116 cm³/mol. The molecule has 0 radical (unpaired) electrons. The fourth-order valence-electron chi connectivity index (χ4n) is 3.19. The molecule has 0 aliphatic rings. The third-order valence-electron chi connectivity index (χ3n) is 4.71. The Bertz CT molecular complexity index is 1100. The van der Waals surface area contributed by atoms with Crippen LogP contribution < -0.4 is 5.32 Å². The van der Waals surface area contributed by atoms with Crippen molar-refractivity contribution in [2.75, 3.05) is 5.32 Å². The van der Waals surface area contributed by atoms with Crippen molar-refractivity contribution in [2.24, 2.45) is 0 Å². The average Bonchev–Trinajstić information content (AvgIpc) is 3.36. The van der Waals surface area contributed by atoms with Crippen molar-refractivity contribution in [2.45, 2.75) is 12.8 Å². The lowest BCUT2D eigenvalue weighted by molar-refractivity contribution is 0.102. The van der Waals surface area contributed by atoms with Crippen LogP contribution in [0, 0.1) is 0 Å². The molecule has 1 amide bonds. The van der Waals surface area contributed by atoms with E-state index in [1.54, 1.807) is 23.5 Å². The van der Waals surface area contributed by atoms with Crippen molar-refractivity contribution in [3.63, 3.8) is 0 Å². The first-order valence-electron chi connectivity index (χ1n) is 9.24. The third kappa shape index (κ3) is 4.17. The van der Waals surface area contributed by atoms with Crippen molar-refractivity contribution in [3.8, 4) is 22.1 Å². The van der Waals surface area contributed by atoms with Crippen molar-refractivity contribution in [3.05, 3.63) is 88.9 Å². The molecule has 5 nitrogen and oxygen atoms in total. The van der Waals surface area contributed by atoms with E-state index in [0.717, 1.165) is 16.0 Å². The van der Waals surface area contributed by atoms with Gasteiger partial charge in [0.05, 0.1) is 5.69 Å². The lowest BCUT2D eigenvalue weighted by atomic mass is 10.1. The minimum Gasteiger partial charge on any atom is -0.505 e. The topological polar surface area (TPSA) is 85.4 Å². The highest BCUT2D eigenvalue weighted by molar-refractivity contribution is 7.13. The van der Waals surface area contributed by atoms with E-state index in [2.05, 4.69) is 10.3 Å². The predicted octanol–water partition coefficient (Wildman–Crippen LogP) is 5.19. The molecule has 0 saturated heterocycles. The smallest absolute Gasteiger partial charge is 0.264 e. The van der Waals surface area contributed by atoms with Crippen molar-refractivity contribution in [1.29, 1.82) is 0 Å². The molecule has 2 aromatic heterocycles. The summed E-state index contributed by atoms with van der Waals surface area (Å²) in [7, 11) is 0. The highest BCUT2D eigenvalue weighted by Crippen LogP contribution is 2.32. The molecule has 2 heterocycles. The number of aromatic hydroxyl groups is 2. The normalized spacial score (nSPS) is 10.8. The summed E-state index contributed by atoms with van der Waals surface area (Å²) < 4.78 is 0. The van der Waals surface area contributed by atoms with Gasteiger partial charge in [-0.3, -0.25) is 4.79 Å². The van der Waals surface area contributed by atoms with E-state index < -0.39 is 5.91 Å². The number of anilines is 1. The van der Waals surface area contributed by atoms with Crippen LogP contribution in [0.25, 0.3) is 10.4 Å². The van der Waals surface area contributed by atoms with Crippen LogP contribution in [0.1, 0.15) is 21.6 Å². The Morgan fingerprint density at radius 2 is 1.69 bits per heavy atom. The number of amides is 1. The first kappa shape index (κ1) is 18.8. The molecule has 29 heavy (non-hydrogen) atoms. The molecule has 0 spiro atoms. The fraction of sp³-hybridized carbons (Fsp3) is 0.0870. The van der Waals surface area contributed by atoms with E-state index in [0.29, 0.717) is 24.2 Å². The van der Waals surface area contributed by atoms with Crippen LogP contribution in [0.2, 0.25) is 0 Å². The number of thiophene rings is 1. The molecule has 0 aliphatic carbocycles. The molecule has 0 atom stereocenters. The van der Waals surface area contributed by atoms with Crippen molar-refractivity contribution >= 4 is 22.9 Å². The number of nitrogens with one attached hydrogen (secondary N) is 2. The summed E-state index contributed by atoms with van der Waals surface area (Å²) in [4.78, 5) is 16.5. The first-order valence-corrected chi connectivity index (χ1v) is 10.1. The molecule has 0 saturated carbocycles. The SMILES string of the molecule is O=C(Nc1ccc(-c2cccs2)cc1)c1c(O)[nH]c(CCc2ccccc2)c1O. The molecule has 4 N–H and O–H groups in total. The summed E-state index contributed by atoms with van der Waals surface area (Å²) in [5.41, 5.74) is 3.05. The first-order chi connectivity index (χ1) is 14.1. The third-order valence-corrected chi connectivity index (χ3v) is 5.63. The molecule has 4 rings (SSSR count). The molecular weight excluding hydrogens is 384 g/mol. The van der Waals surface area contributed by atoms with Gasteiger partial charge >= 0.3 is 0 Å². The van der Waals surface area contributed by atoms with E-state index in [-0.39, 0.29) is 17.2 Å². The monoisotopic (exact) mass is 404 g/mol. The maximum absolute atomic E-state index is 12.6. The maximum atomic E-state index is 12.6. The number of hydrogen-bond donors (Lipinski definition) is 4. The van der Waals surface area contributed by atoms with Crippen LogP contribution in [-0.2, 0) is 12.8 Å². The Morgan fingerprint density at radius 3 is 2.38 bits per heavy atom. The number of H-pyrrole nitrogens is 1. The van der Waals surface area contributed by atoms with Gasteiger partial charge in [-0.25, -0.2) is 0 Å². The van der Waals surface area contributed by atoms with Gasteiger partial charge in [-0.1, -0.05) is 48.5 Å². The fourth-order valence-corrected chi connectivity index (χ4v) is 3.92. The second-order valence-corrected chi connectivity index (χ2v) is 7.62. The highest BCUT2D eigenvalue weighted by atomic mass is 32.1. The Labute approximate surface area is 172 Å². The molecule has 146 valence electrons.